The lowest BCUT2D eigenvalue weighted by atomic mass is 10.1. The van der Waals surface area contributed by atoms with E-state index < -0.39 is 10.0 Å². The molecule has 170 valence electrons. The molecule has 1 aromatic carbocycles. The second kappa shape index (κ2) is 9.38. The van der Waals surface area contributed by atoms with Crippen molar-refractivity contribution in [2.24, 2.45) is 7.05 Å². The molecule has 1 saturated heterocycles. The van der Waals surface area contributed by atoms with Crippen molar-refractivity contribution in [3.05, 3.63) is 54.1 Å². The lowest BCUT2D eigenvalue weighted by molar-refractivity contribution is -0.121. The lowest BCUT2D eigenvalue weighted by Crippen LogP contribution is -2.35. The molecular formula is C23H29N5O3S. The van der Waals surface area contributed by atoms with Crippen LogP contribution in [0.5, 0.6) is 0 Å². The van der Waals surface area contributed by atoms with Crippen LogP contribution in [0, 0.1) is 0 Å². The molecule has 1 amide bonds. The number of carbonyl (C=O) groups is 1. The molecule has 1 aliphatic heterocycles. The highest BCUT2D eigenvalue weighted by atomic mass is 32.2. The maximum absolute atomic E-state index is 13.0. The van der Waals surface area contributed by atoms with Crippen LogP contribution in [0.25, 0.3) is 11.0 Å². The Bertz CT molecular complexity index is 1200. The van der Waals surface area contributed by atoms with E-state index in [1.807, 2.05) is 30.7 Å². The number of imidazole rings is 1. The number of hydrogen-bond acceptors (Lipinski definition) is 5. The summed E-state index contributed by atoms with van der Waals surface area (Å²) in [6, 6.07) is 8.75. The van der Waals surface area contributed by atoms with Gasteiger partial charge in [0.05, 0.1) is 22.0 Å². The number of rotatable bonds is 7. The number of amides is 1. The van der Waals surface area contributed by atoms with Gasteiger partial charge >= 0.3 is 0 Å². The van der Waals surface area contributed by atoms with E-state index >= 15 is 0 Å². The van der Waals surface area contributed by atoms with Gasteiger partial charge in [0.15, 0.2) is 0 Å². The number of hydrogen-bond donors (Lipinski definition) is 1. The Morgan fingerprint density at radius 2 is 1.97 bits per heavy atom. The summed E-state index contributed by atoms with van der Waals surface area (Å²) < 4.78 is 29.5. The molecule has 1 unspecified atom stereocenters. The number of carbonyl (C=O) groups excluding carboxylic acids is 1. The molecule has 0 saturated carbocycles. The van der Waals surface area contributed by atoms with Crippen molar-refractivity contribution in [3.8, 4) is 0 Å². The van der Waals surface area contributed by atoms with E-state index in [0.29, 0.717) is 31.4 Å². The molecule has 1 aliphatic rings. The van der Waals surface area contributed by atoms with Gasteiger partial charge in [0, 0.05) is 45.4 Å². The predicted molar refractivity (Wildman–Crippen MR) is 122 cm³/mol. The van der Waals surface area contributed by atoms with Crippen molar-refractivity contribution in [3.63, 3.8) is 0 Å². The summed E-state index contributed by atoms with van der Waals surface area (Å²) >= 11 is 0. The van der Waals surface area contributed by atoms with E-state index in [4.69, 9.17) is 0 Å². The van der Waals surface area contributed by atoms with Gasteiger partial charge in [-0.15, -0.1) is 0 Å². The number of nitrogens with zero attached hydrogens (tertiary/aromatic N) is 4. The third-order valence-corrected chi connectivity index (χ3v) is 7.93. The first-order chi connectivity index (χ1) is 15.4. The first-order valence-electron chi connectivity index (χ1n) is 11.0. The number of aromatic nitrogens is 3. The molecule has 4 rings (SSSR count). The van der Waals surface area contributed by atoms with Crippen molar-refractivity contribution in [2.75, 3.05) is 13.1 Å². The van der Waals surface area contributed by atoms with Crippen molar-refractivity contribution in [1.29, 1.82) is 0 Å². The van der Waals surface area contributed by atoms with E-state index in [9.17, 15) is 13.2 Å². The molecule has 1 N–H and O–H groups in total. The maximum atomic E-state index is 13.0. The normalized spacial score (nSPS) is 16.2. The van der Waals surface area contributed by atoms with Crippen molar-refractivity contribution in [2.45, 2.75) is 50.0 Å². The van der Waals surface area contributed by atoms with E-state index in [-0.39, 0.29) is 16.8 Å². The molecule has 8 nitrogen and oxygen atoms in total. The van der Waals surface area contributed by atoms with Gasteiger partial charge in [-0.3, -0.25) is 9.78 Å². The van der Waals surface area contributed by atoms with E-state index in [1.54, 1.807) is 34.9 Å². The summed E-state index contributed by atoms with van der Waals surface area (Å²) in [5.41, 5.74) is 2.43. The highest BCUT2D eigenvalue weighted by Crippen LogP contribution is 2.25. The molecule has 0 spiro atoms. The fourth-order valence-electron chi connectivity index (χ4n) is 4.12. The Kier molecular flexibility index (Phi) is 6.57. The zero-order chi connectivity index (χ0) is 22.7. The summed E-state index contributed by atoms with van der Waals surface area (Å²) in [5, 5.41) is 2.98. The van der Waals surface area contributed by atoms with Crippen LogP contribution in [-0.2, 0) is 28.3 Å². The van der Waals surface area contributed by atoms with Gasteiger partial charge in [-0.1, -0.05) is 12.5 Å². The van der Waals surface area contributed by atoms with Crippen LogP contribution < -0.4 is 5.32 Å². The Hall–Kier alpha value is -2.78. The van der Waals surface area contributed by atoms with Gasteiger partial charge in [-0.05, 0) is 49.6 Å². The van der Waals surface area contributed by atoms with Crippen LogP contribution in [0.15, 0.2) is 47.6 Å². The minimum Gasteiger partial charge on any atom is -0.350 e. The predicted octanol–water partition coefficient (Wildman–Crippen LogP) is 2.95. The average Bonchev–Trinajstić information content (AvgIpc) is 3.13. The van der Waals surface area contributed by atoms with E-state index in [1.165, 1.54) is 0 Å². The van der Waals surface area contributed by atoms with Crippen LogP contribution in [0.2, 0.25) is 0 Å². The molecule has 1 atom stereocenters. The van der Waals surface area contributed by atoms with Crippen molar-refractivity contribution >= 4 is 27.0 Å². The Morgan fingerprint density at radius 3 is 2.69 bits per heavy atom. The van der Waals surface area contributed by atoms with Crippen molar-refractivity contribution in [1.82, 2.24) is 24.2 Å². The summed E-state index contributed by atoms with van der Waals surface area (Å²) in [4.78, 5) is 21.4. The number of aryl methyl sites for hydroxylation is 2. The van der Waals surface area contributed by atoms with Crippen LogP contribution in [-0.4, -0.2) is 46.3 Å². The average molecular weight is 456 g/mol. The Balaban J connectivity index is 1.45. The number of sulfonamides is 1. The number of piperidine rings is 1. The number of benzene rings is 1. The van der Waals surface area contributed by atoms with E-state index in [2.05, 4.69) is 15.3 Å². The van der Waals surface area contributed by atoms with Gasteiger partial charge in [-0.25, -0.2) is 13.4 Å². The standard InChI is InChI=1S/C23H29N5O3S/c1-17(18-7-6-12-24-16-18)25-23(29)11-10-22-26-20-15-19(8-9-21(20)27(22)2)32(30,31)28-13-4-3-5-14-28/h6-9,12,15-17H,3-5,10-11,13-14H2,1-2H3,(H,25,29). The van der Waals surface area contributed by atoms with Crippen LogP contribution in [0.4, 0.5) is 0 Å². The quantitative estimate of drug-likeness (QED) is 0.591. The molecule has 32 heavy (non-hydrogen) atoms. The lowest BCUT2D eigenvalue weighted by Gasteiger charge is -2.25. The van der Waals surface area contributed by atoms with Crippen molar-refractivity contribution < 1.29 is 13.2 Å². The highest BCUT2D eigenvalue weighted by molar-refractivity contribution is 7.89. The monoisotopic (exact) mass is 455 g/mol. The molecule has 0 radical (unpaired) electrons. The molecule has 3 heterocycles. The van der Waals surface area contributed by atoms with Crippen LogP contribution in [0.1, 0.15) is 50.0 Å². The second-order valence-electron chi connectivity index (χ2n) is 8.28. The number of pyridine rings is 1. The smallest absolute Gasteiger partial charge is 0.243 e. The largest absolute Gasteiger partial charge is 0.350 e. The Labute approximate surface area is 188 Å². The first-order valence-corrected chi connectivity index (χ1v) is 12.4. The molecule has 0 aliphatic carbocycles. The zero-order valence-electron chi connectivity index (χ0n) is 18.5. The van der Waals surface area contributed by atoms with Crippen LogP contribution >= 0.6 is 0 Å². The fourth-order valence-corrected chi connectivity index (χ4v) is 5.66. The SMILES string of the molecule is CC(NC(=O)CCc1nc2cc(S(=O)(=O)N3CCCCC3)ccc2n1C)c1cccnc1. The third kappa shape index (κ3) is 4.68. The summed E-state index contributed by atoms with van der Waals surface area (Å²) in [6.07, 6.45) is 7.07. The number of fused-ring (bicyclic) bond motifs is 1. The molecular weight excluding hydrogens is 426 g/mol. The maximum Gasteiger partial charge on any atom is 0.243 e. The molecule has 9 heteroatoms. The topological polar surface area (TPSA) is 97.2 Å². The van der Waals surface area contributed by atoms with Gasteiger partial charge in [0.1, 0.15) is 5.82 Å². The van der Waals surface area contributed by atoms with Gasteiger partial charge in [-0.2, -0.15) is 4.31 Å². The Morgan fingerprint density at radius 1 is 1.19 bits per heavy atom. The zero-order valence-corrected chi connectivity index (χ0v) is 19.3. The van der Waals surface area contributed by atoms with E-state index in [0.717, 1.165) is 36.2 Å². The summed E-state index contributed by atoms with van der Waals surface area (Å²) in [5.74, 6) is 0.679. The van der Waals surface area contributed by atoms with Gasteiger partial charge in [0.25, 0.3) is 0 Å². The third-order valence-electron chi connectivity index (χ3n) is 6.04. The van der Waals surface area contributed by atoms with Crippen LogP contribution in [0.3, 0.4) is 0 Å². The second-order valence-corrected chi connectivity index (χ2v) is 10.2. The minimum absolute atomic E-state index is 0.0678. The fraction of sp³-hybridized carbons (Fsp3) is 0.435. The molecule has 1 fully saturated rings. The molecule has 2 aromatic heterocycles. The minimum atomic E-state index is -3.51. The summed E-state index contributed by atoms with van der Waals surface area (Å²) in [7, 11) is -1.62. The molecule has 3 aromatic rings. The summed E-state index contributed by atoms with van der Waals surface area (Å²) in [6.45, 7) is 3.06. The molecule has 0 bridgehead atoms. The van der Waals surface area contributed by atoms with Gasteiger partial charge in [0.2, 0.25) is 15.9 Å². The van der Waals surface area contributed by atoms with Gasteiger partial charge < -0.3 is 9.88 Å². The first kappa shape index (κ1) is 22.4. The highest BCUT2D eigenvalue weighted by Gasteiger charge is 2.26. The number of nitrogens with one attached hydrogen (secondary N) is 1.